The van der Waals surface area contributed by atoms with E-state index in [0.29, 0.717) is 4.88 Å². The summed E-state index contributed by atoms with van der Waals surface area (Å²) in [7, 11) is 1.45. The predicted molar refractivity (Wildman–Crippen MR) is 89.7 cm³/mol. The van der Waals surface area contributed by atoms with Crippen molar-refractivity contribution in [1.29, 1.82) is 0 Å². The zero-order chi connectivity index (χ0) is 17.7. The molecule has 0 radical (unpaired) electrons. The van der Waals surface area contributed by atoms with Gasteiger partial charge in [-0.3, -0.25) is 9.59 Å². The molecule has 2 aromatic rings. The van der Waals surface area contributed by atoms with Gasteiger partial charge in [-0.05, 0) is 36.8 Å². The summed E-state index contributed by atoms with van der Waals surface area (Å²) in [6.07, 6.45) is -0.247. The Kier molecular flexibility index (Phi) is 5.69. The molecule has 1 atom stereocenters. The number of benzene rings is 1. The summed E-state index contributed by atoms with van der Waals surface area (Å²) in [5, 5.41) is 11.7. The van der Waals surface area contributed by atoms with Gasteiger partial charge in [0.05, 0.1) is 23.4 Å². The average Bonchev–Trinajstić information content (AvgIpc) is 2.97. The van der Waals surface area contributed by atoms with Crippen LogP contribution in [0.1, 0.15) is 23.0 Å². The largest absolute Gasteiger partial charge is 0.481 e. The molecule has 1 aromatic carbocycles. The molecular weight excluding hydrogens is 333 g/mol. The maximum absolute atomic E-state index is 13.0. The zero-order valence-electron chi connectivity index (χ0n) is 13.3. The SMILES string of the molecule is COCC(C)(CC(=O)O)NC(=O)c1ccc(-c2ccc(F)cc2)s1. The minimum absolute atomic E-state index is 0.0846. The summed E-state index contributed by atoms with van der Waals surface area (Å²) in [6, 6.07) is 9.43. The minimum atomic E-state index is -1.02. The molecule has 1 amide bonds. The highest BCUT2D eigenvalue weighted by Gasteiger charge is 2.30. The summed E-state index contributed by atoms with van der Waals surface area (Å²) in [6.45, 7) is 1.71. The normalized spacial score (nSPS) is 13.3. The Bertz CT molecular complexity index is 728. The molecule has 1 unspecified atom stereocenters. The third kappa shape index (κ3) is 4.62. The lowest BCUT2D eigenvalue weighted by molar-refractivity contribution is -0.139. The van der Waals surface area contributed by atoms with E-state index in [9.17, 15) is 14.0 Å². The van der Waals surface area contributed by atoms with Gasteiger partial charge >= 0.3 is 5.97 Å². The lowest BCUT2D eigenvalue weighted by atomic mass is 9.99. The molecule has 0 aliphatic carbocycles. The molecule has 1 heterocycles. The van der Waals surface area contributed by atoms with Gasteiger partial charge in [0.15, 0.2) is 0 Å². The van der Waals surface area contributed by atoms with E-state index in [1.54, 1.807) is 31.2 Å². The molecule has 0 aliphatic rings. The number of carboxylic acids is 1. The Morgan fingerprint density at radius 2 is 1.92 bits per heavy atom. The quantitative estimate of drug-likeness (QED) is 0.803. The van der Waals surface area contributed by atoms with Crippen molar-refractivity contribution in [2.45, 2.75) is 18.9 Å². The second-order valence-corrected chi connectivity index (χ2v) is 6.77. The van der Waals surface area contributed by atoms with Crippen LogP contribution in [-0.4, -0.2) is 36.2 Å². The van der Waals surface area contributed by atoms with E-state index in [-0.39, 0.29) is 24.8 Å². The lowest BCUT2D eigenvalue weighted by Gasteiger charge is -2.28. The summed E-state index contributed by atoms with van der Waals surface area (Å²) in [5.74, 6) is -1.71. The van der Waals surface area contributed by atoms with E-state index in [0.717, 1.165) is 10.4 Å². The van der Waals surface area contributed by atoms with Crippen molar-refractivity contribution in [2.24, 2.45) is 0 Å². The van der Waals surface area contributed by atoms with Gasteiger partial charge in [0.1, 0.15) is 5.82 Å². The van der Waals surface area contributed by atoms with E-state index in [4.69, 9.17) is 9.84 Å². The monoisotopic (exact) mass is 351 g/mol. The first-order chi connectivity index (χ1) is 11.3. The number of amides is 1. The van der Waals surface area contributed by atoms with Gasteiger partial charge in [0, 0.05) is 12.0 Å². The van der Waals surface area contributed by atoms with Crippen molar-refractivity contribution >= 4 is 23.2 Å². The van der Waals surface area contributed by atoms with E-state index in [1.165, 1.54) is 30.6 Å². The first-order valence-electron chi connectivity index (χ1n) is 7.22. The molecule has 2 rings (SSSR count). The van der Waals surface area contributed by atoms with E-state index in [2.05, 4.69) is 5.32 Å². The van der Waals surface area contributed by atoms with Crippen LogP contribution in [0, 0.1) is 5.82 Å². The Morgan fingerprint density at radius 1 is 1.25 bits per heavy atom. The number of carboxylic acid groups (broad SMARTS) is 1. The standard InChI is InChI=1S/C17H18FNO4S/c1-17(10-23-2,9-15(20)21)19-16(22)14-8-7-13(24-14)11-3-5-12(18)6-4-11/h3-8H,9-10H2,1-2H3,(H,19,22)(H,20,21). The summed E-state index contributed by atoms with van der Waals surface area (Å²) in [4.78, 5) is 24.7. The van der Waals surface area contributed by atoms with Crippen molar-refractivity contribution in [3.05, 3.63) is 47.1 Å². The molecule has 7 heteroatoms. The minimum Gasteiger partial charge on any atom is -0.481 e. The number of nitrogens with one attached hydrogen (secondary N) is 1. The van der Waals surface area contributed by atoms with Crippen molar-refractivity contribution < 1.29 is 23.8 Å². The van der Waals surface area contributed by atoms with Crippen molar-refractivity contribution in [1.82, 2.24) is 5.32 Å². The van der Waals surface area contributed by atoms with Gasteiger partial charge in [0.2, 0.25) is 0 Å². The van der Waals surface area contributed by atoms with Crippen molar-refractivity contribution in [3.63, 3.8) is 0 Å². The summed E-state index contributed by atoms with van der Waals surface area (Å²) in [5.41, 5.74) is -0.192. The van der Waals surface area contributed by atoms with Gasteiger partial charge in [-0.2, -0.15) is 0 Å². The fourth-order valence-electron chi connectivity index (χ4n) is 2.35. The van der Waals surface area contributed by atoms with Crippen molar-refractivity contribution in [2.75, 3.05) is 13.7 Å². The fraction of sp³-hybridized carbons (Fsp3) is 0.294. The maximum atomic E-state index is 13.0. The number of methoxy groups -OCH3 is 1. The predicted octanol–water partition coefficient (Wildman–Crippen LogP) is 3.16. The molecule has 5 nitrogen and oxygen atoms in total. The molecule has 0 bridgehead atoms. The number of carbonyl (C=O) groups is 2. The molecule has 0 spiro atoms. The molecule has 24 heavy (non-hydrogen) atoms. The highest BCUT2D eigenvalue weighted by atomic mass is 32.1. The summed E-state index contributed by atoms with van der Waals surface area (Å²) < 4.78 is 18.0. The fourth-order valence-corrected chi connectivity index (χ4v) is 3.26. The van der Waals surface area contributed by atoms with Gasteiger partial charge in [-0.25, -0.2) is 4.39 Å². The van der Waals surface area contributed by atoms with E-state index in [1.807, 2.05) is 0 Å². The Hall–Kier alpha value is -2.25. The van der Waals surface area contributed by atoms with Crippen LogP contribution in [0.5, 0.6) is 0 Å². The van der Waals surface area contributed by atoms with E-state index >= 15 is 0 Å². The molecule has 0 fully saturated rings. The van der Waals surface area contributed by atoms with Gasteiger partial charge in [-0.15, -0.1) is 11.3 Å². The number of thiophene rings is 1. The topological polar surface area (TPSA) is 75.6 Å². The summed E-state index contributed by atoms with van der Waals surface area (Å²) >= 11 is 1.25. The second kappa shape index (κ2) is 7.55. The van der Waals surface area contributed by atoms with Crippen LogP contribution in [-0.2, 0) is 9.53 Å². The molecule has 0 saturated heterocycles. The Balaban J connectivity index is 2.15. The van der Waals surface area contributed by atoms with Crippen LogP contribution in [0.25, 0.3) is 10.4 Å². The smallest absolute Gasteiger partial charge is 0.305 e. The molecule has 0 saturated carbocycles. The van der Waals surface area contributed by atoms with Crippen LogP contribution in [0.4, 0.5) is 4.39 Å². The number of hydrogen-bond acceptors (Lipinski definition) is 4. The Labute approximate surface area is 143 Å². The van der Waals surface area contributed by atoms with Crippen LogP contribution in [0.3, 0.4) is 0 Å². The van der Waals surface area contributed by atoms with E-state index < -0.39 is 11.5 Å². The molecule has 0 aliphatic heterocycles. The highest BCUT2D eigenvalue weighted by molar-refractivity contribution is 7.17. The number of ether oxygens (including phenoxy) is 1. The van der Waals surface area contributed by atoms with Gasteiger partial charge in [0.25, 0.3) is 5.91 Å². The molecular formula is C17H18FNO4S. The van der Waals surface area contributed by atoms with Crippen LogP contribution >= 0.6 is 11.3 Å². The first kappa shape index (κ1) is 18.1. The van der Waals surface area contributed by atoms with Gasteiger partial charge in [-0.1, -0.05) is 12.1 Å². The van der Waals surface area contributed by atoms with Gasteiger partial charge < -0.3 is 15.2 Å². The third-order valence-corrected chi connectivity index (χ3v) is 4.51. The molecule has 2 N–H and O–H groups in total. The first-order valence-corrected chi connectivity index (χ1v) is 8.04. The molecule has 128 valence electrons. The van der Waals surface area contributed by atoms with Crippen LogP contribution in [0.15, 0.2) is 36.4 Å². The maximum Gasteiger partial charge on any atom is 0.305 e. The second-order valence-electron chi connectivity index (χ2n) is 5.69. The van der Waals surface area contributed by atoms with Crippen LogP contribution in [0.2, 0.25) is 0 Å². The number of hydrogen-bond donors (Lipinski definition) is 2. The average molecular weight is 351 g/mol. The zero-order valence-corrected chi connectivity index (χ0v) is 14.2. The number of aliphatic carboxylic acids is 1. The Morgan fingerprint density at radius 3 is 2.50 bits per heavy atom. The number of carbonyl (C=O) groups excluding carboxylic acids is 1. The third-order valence-electron chi connectivity index (χ3n) is 3.38. The van der Waals surface area contributed by atoms with Crippen LogP contribution < -0.4 is 5.32 Å². The lowest BCUT2D eigenvalue weighted by Crippen LogP contribution is -2.50. The number of rotatable bonds is 7. The van der Waals surface area contributed by atoms with Crippen molar-refractivity contribution in [3.8, 4) is 10.4 Å². The number of halogens is 1. The molecule has 1 aromatic heterocycles. The highest BCUT2D eigenvalue weighted by Crippen LogP contribution is 2.28.